The highest BCUT2D eigenvalue weighted by Crippen LogP contribution is 2.55. The lowest BCUT2D eigenvalue weighted by atomic mass is 9.55. The van der Waals surface area contributed by atoms with Gasteiger partial charge < -0.3 is 56.8 Å². The van der Waals surface area contributed by atoms with Crippen molar-refractivity contribution >= 4 is 0 Å². The minimum absolute atomic E-state index is 0. The number of hydrogen-bond acceptors (Lipinski definition) is 12. The smallest absolute Gasteiger partial charge is 0.118 e. The van der Waals surface area contributed by atoms with E-state index >= 15 is 0 Å². The molecule has 0 aliphatic heterocycles. The van der Waals surface area contributed by atoms with Gasteiger partial charge in [-0.2, -0.15) is 0 Å². The zero-order chi connectivity index (χ0) is 105. The van der Waals surface area contributed by atoms with Gasteiger partial charge in [0.2, 0.25) is 0 Å². The van der Waals surface area contributed by atoms with Crippen molar-refractivity contribution in [3.8, 4) is 69.0 Å². The summed E-state index contributed by atoms with van der Waals surface area (Å²) in [7, 11) is 20.4. The van der Waals surface area contributed by atoms with E-state index < -0.39 is 0 Å². The molecule has 12 heteroatoms. The van der Waals surface area contributed by atoms with Gasteiger partial charge in [-0.25, -0.2) is 0 Å². The van der Waals surface area contributed by atoms with Gasteiger partial charge >= 0.3 is 0 Å². The molecule has 0 heterocycles. The van der Waals surface area contributed by atoms with Crippen molar-refractivity contribution in [1.29, 1.82) is 0 Å². The molecule has 12 nitrogen and oxygen atoms in total. The van der Waals surface area contributed by atoms with Crippen LogP contribution in [0.5, 0.6) is 69.0 Å². The third-order valence-electron chi connectivity index (χ3n) is 30.8. The van der Waals surface area contributed by atoms with Crippen molar-refractivity contribution in [3.05, 3.63) is 465 Å². The molecule has 0 amide bonds. The number of benzene rings is 15. The maximum atomic E-state index is 5.37. The van der Waals surface area contributed by atoms with Gasteiger partial charge in [0.05, 0.1) is 85.3 Å². The third kappa shape index (κ3) is 27.7. The quantitative estimate of drug-likeness (QED) is 0.0416. The van der Waals surface area contributed by atoms with E-state index in [9.17, 15) is 0 Å². The number of hydrogen-bond donors (Lipinski definition) is 0. The summed E-state index contributed by atoms with van der Waals surface area (Å²) in [6.07, 6.45) is 9.96. The number of rotatable bonds is 29. The summed E-state index contributed by atoms with van der Waals surface area (Å²) in [5.74, 6) is 11.4. The van der Waals surface area contributed by atoms with Crippen LogP contribution in [-0.4, -0.2) is 85.3 Å². The molecule has 15 aromatic carbocycles. The summed E-state index contributed by atoms with van der Waals surface area (Å²) in [5.41, 5.74) is 21.9. The van der Waals surface area contributed by atoms with E-state index in [1.807, 2.05) is 103 Å². The molecule has 17 rings (SSSR count). The second-order valence-electron chi connectivity index (χ2n) is 42.1. The van der Waals surface area contributed by atoms with Gasteiger partial charge in [-0.1, -0.05) is 349 Å². The maximum Gasteiger partial charge on any atom is 0.118 e. The largest absolute Gasteiger partial charge is 0.497 e. The summed E-state index contributed by atoms with van der Waals surface area (Å²) in [4.78, 5) is 0. The molecular formula is C136H164O12. The first kappa shape index (κ1) is 116. The fourth-order valence-corrected chi connectivity index (χ4v) is 21.3. The average molecular weight is 1990 g/mol. The van der Waals surface area contributed by atoms with Gasteiger partial charge in [0.1, 0.15) is 69.0 Å². The Hall–Kier alpha value is -14.1. The molecule has 780 valence electrons. The molecule has 0 saturated heterocycles. The lowest BCUT2D eigenvalue weighted by molar-refractivity contribution is 0.127. The Morgan fingerprint density at radius 2 is 0.372 bits per heavy atom. The van der Waals surface area contributed by atoms with E-state index in [1.54, 1.807) is 85.3 Å². The molecule has 2 aliphatic carbocycles. The zero-order valence-corrected chi connectivity index (χ0v) is 91.4. The highest BCUT2D eigenvalue weighted by molar-refractivity contribution is 5.55. The Morgan fingerprint density at radius 1 is 0.196 bits per heavy atom. The van der Waals surface area contributed by atoms with E-state index in [0.717, 1.165) is 75.4 Å². The SMILES string of the molecule is C.C.COc1ccc(C(C)(C)c2ccc(C(C)(C)c3ccc(OC)cc3)cc2)cc1.COc1ccc(C(C)(C)c2ccc(OC)cc2)cc1.COc1ccc(C(C)(C)c2cccc(C(C)(C)c3ccc(OC)cc3)c2)cc1.COc1ccc(C(C)(c2ccccc2)c2ccc(OC)cc2)cc1.COc1ccc(C2(c3ccc(OC)cc3)CC(C)CC(C)(C)C2)cc1.COc1ccc(C2(c3ccc(OC)cc3)CCCCC2)cc1. The summed E-state index contributed by atoms with van der Waals surface area (Å²) in [6, 6.07) is 130. The van der Waals surface area contributed by atoms with Crippen molar-refractivity contribution in [2.24, 2.45) is 11.3 Å². The molecule has 0 N–H and O–H groups in total. The van der Waals surface area contributed by atoms with Crippen molar-refractivity contribution in [2.45, 2.75) is 206 Å². The van der Waals surface area contributed by atoms with Crippen molar-refractivity contribution in [2.75, 3.05) is 85.3 Å². The Bertz CT molecular complexity index is 6120. The van der Waals surface area contributed by atoms with Crippen LogP contribution in [0.1, 0.15) is 258 Å². The van der Waals surface area contributed by atoms with Crippen LogP contribution in [-0.2, 0) is 43.3 Å². The van der Waals surface area contributed by atoms with Gasteiger partial charge in [-0.15, -0.1) is 0 Å². The lowest BCUT2D eigenvalue weighted by Crippen LogP contribution is -2.41. The van der Waals surface area contributed by atoms with E-state index in [-0.39, 0.29) is 58.2 Å². The van der Waals surface area contributed by atoms with E-state index in [0.29, 0.717) is 11.3 Å². The van der Waals surface area contributed by atoms with Crippen molar-refractivity contribution in [3.63, 3.8) is 0 Å². The molecule has 148 heavy (non-hydrogen) atoms. The van der Waals surface area contributed by atoms with Crippen LogP contribution in [0.3, 0.4) is 0 Å². The topological polar surface area (TPSA) is 111 Å². The van der Waals surface area contributed by atoms with Gasteiger partial charge in [-0.3, -0.25) is 0 Å². The van der Waals surface area contributed by atoms with Gasteiger partial charge in [-0.05, 0) is 291 Å². The normalized spacial score (nSPS) is 13.9. The molecular weight excluding hydrogens is 1830 g/mol. The fraction of sp³-hybridized carbons (Fsp3) is 0.338. The monoisotopic (exact) mass is 1990 g/mol. The van der Waals surface area contributed by atoms with E-state index in [1.165, 1.54) is 140 Å². The summed E-state index contributed by atoms with van der Waals surface area (Å²) >= 11 is 0. The lowest BCUT2D eigenvalue weighted by Gasteiger charge is -2.48. The predicted molar refractivity (Wildman–Crippen MR) is 616 cm³/mol. The standard InChI is InChI=1S/2C26H30O2.C23H30O2.C22H22O2.C20H24O2.C17H20O2.2CH4/c1-25(2,21-11-15-23(27-5)16-12-21)19-7-9-20(10-8-19)26(3,4)22-13-17-24(28-6)18-14-22;1-25(2,19-10-14-23(27-5)15-11-19)21-8-7-9-22(18-21)26(3,4)20-12-16-24(28-6)17-13-20;1-17-14-22(2,3)16-23(15-17,18-6-10-20(24-4)11-7-18)19-8-12-21(25-5)13-9-19;1-22(17-7-5-4-6-8-17,18-9-13-20(23-2)14-10-18)19-11-15-21(24-3)16-12-19;1-21-18-10-6-16(7-11-18)20(14-4-3-5-15-20)17-8-12-19(22-2)13-9-17;1-17(2,13-5-9-15(18-3)10-6-13)14-7-11-16(19-4)12-8-14;;/h2*7-18H,1-6H3;6-13,17H,14-16H2,1-5H3;4-16H,1-3H3;6-13H,3-5,14-15H2,1-2H3;5-12H,1-4H3;2*1H4. The Kier molecular flexibility index (Phi) is 40.7. The van der Waals surface area contributed by atoms with Gasteiger partial charge in [0.25, 0.3) is 0 Å². The molecule has 15 aromatic rings. The molecule has 2 aliphatic rings. The zero-order valence-electron chi connectivity index (χ0n) is 91.4. The van der Waals surface area contributed by atoms with E-state index in [4.69, 9.17) is 56.8 Å². The van der Waals surface area contributed by atoms with Crippen LogP contribution in [0.4, 0.5) is 0 Å². The Balaban J connectivity index is 0.000000182. The summed E-state index contributed by atoms with van der Waals surface area (Å²) < 4.78 is 63.6. The molecule has 2 fully saturated rings. The summed E-state index contributed by atoms with van der Waals surface area (Å²) in [6.45, 7) is 32.0. The fourth-order valence-electron chi connectivity index (χ4n) is 21.3. The van der Waals surface area contributed by atoms with Gasteiger partial charge in [0, 0.05) is 43.3 Å². The third-order valence-corrected chi connectivity index (χ3v) is 30.8. The minimum Gasteiger partial charge on any atom is -0.497 e. The van der Waals surface area contributed by atoms with Crippen molar-refractivity contribution in [1.82, 2.24) is 0 Å². The van der Waals surface area contributed by atoms with Crippen LogP contribution in [0, 0.1) is 11.3 Å². The van der Waals surface area contributed by atoms with Crippen molar-refractivity contribution < 1.29 is 56.8 Å². The first-order valence-corrected chi connectivity index (χ1v) is 51.0. The Labute approximate surface area is 887 Å². The molecule has 0 aromatic heterocycles. The molecule has 1 unspecified atom stereocenters. The van der Waals surface area contributed by atoms with E-state index in [2.05, 4.69) is 364 Å². The molecule has 0 radical (unpaired) electrons. The highest BCUT2D eigenvalue weighted by Gasteiger charge is 2.46. The molecule has 0 bridgehead atoms. The van der Waals surface area contributed by atoms with Crippen LogP contribution in [0.2, 0.25) is 0 Å². The first-order valence-electron chi connectivity index (χ1n) is 51.0. The Morgan fingerprint density at radius 3 is 0.581 bits per heavy atom. The second kappa shape index (κ2) is 52.0. The van der Waals surface area contributed by atoms with Crippen LogP contribution in [0.15, 0.2) is 370 Å². The summed E-state index contributed by atoms with van der Waals surface area (Å²) in [5, 5.41) is 0. The first-order chi connectivity index (χ1) is 70.0. The van der Waals surface area contributed by atoms with Crippen LogP contribution >= 0.6 is 0 Å². The highest BCUT2D eigenvalue weighted by atomic mass is 16.5. The molecule has 2 saturated carbocycles. The second-order valence-corrected chi connectivity index (χ2v) is 42.1. The maximum absolute atomic E-state index is 5.37. The minimum atomic E-state index is -0.250. The number of ether oxygens (including phenoxy) is 12. The van der Waals surface area contributed by atoms with Crippen LogP contribution < -0.4 is 56.8 Å². The predicted octanol–water partition coefficient (Wildman–Crippen LogP) is 33.9. The van der Waals surface area contributed by atoms with Crippen LogP contribution in [0.25, 0.3) is 0 Å². The number of methoxy groups -OCH3 is 12. The van der Waals surface area contributed by atoms with Gasteiger partial charge in [0.15, 0.2) is 0 Å². The average Bonchev–Trinajstić information content (AvgIpc) is 0.748. The molecule has 0 spiro atoms. The molecule has 1 atom stereocenters.